The van der Waals surface area contributed by atoms with Gasteiger partial charge < -0.3 is 15.0 Å². The van der Waals surface area contributed by atoms with Gasteiger partial charge in [-0.3, -0.25) is 0 Å². The Kier molecular flexibility index (Phi) is 6.58. The van der Waals surface area contributed by atoms with Crippen LogP contribution in [0.15, 0.2) is 23.3 Å². The zero-order valence-corrected chi connectivity index (χ0v) is 22.0. The summed E-state index contributed by atoms with van der Waals surface area (Å²) in [5.74, 6) is 1.70. The SMILES string of the molecule is C/C(=C/CC[C@H](C=O)[C@@H]1CC[C@]2(C)C3=CC[C@H]4C(C)(C)[C@@H](O)CC[C@]4(C)[C@H]3CC[C@@]12C)CO. The summed E-state index contributed by atoms with van der Waals surface area (Å²) in [7, 11) is 0. The van der Waals surface area contributed by atoms with Gasteiger partial charge in [-0.1, -0.05) is 57.9 Å². The second-order valence-electron chi connectivity index (χ2n) is 13.4. The van der Waals surface area contributed by atoms with Crippen LogP contribution in [0.25, 0.3) is 0 Å². The monoisotopic (exact) mass is 456 g/mol. The molecule has 33 heavy (non-hydrogen) atoms. The lowest BCUT2D eigenvalue weighted by molar-refractivity contribution is -0.133. The Bertz CT molecular complexity index is 824. The van der Waals surface area contributed by atoms with E-state index >= 15 is 0 Å². The van der Waals surface area contributed by atoms with Crippen LogP contribution in [0.3, 0.4) is 0 Å². The van der Waals surface area contributed by atoms with Crippen LogP contribution in [0.2, 0.25) is 0 Å². The summed E-state index contributed by atoms with van der Waals surface area (Å²) >= 11 is 0. The molecule has 4 aliphatic carbocycles. The van der Waals surface area contributed by atoms with Crippen LogP contribution in [-0.2, 0) is 4.79 Å². The lowest BCUT2D eigenvalue weighted by Crippen LogP contribution is -2.58. The smallest absolute Gasteiger partial charge is 0.123 e. The van der Waals surface area contributed by atoms with Gasteiger partial charge in [0.15, 0.2) is 0 Å². The largest absolute Gasteiger partial charge is 0.393 e. The first-order valence-electron chi connectivity index (χ1n) is 13.6. The molecule has 3 fully saturated rings. The molecule has 0 amide bonds. The third-order valence-electron chi connectivity index (χ3n) is 11.8. The van der Waals surface area contributed by atoms with Crippen molar-refractivity contribution in [1.82, 2.24) is 0 Å². The van der Waals surface area contributed by atoms with Gasteiger partial charge in [0, 0.05) is 5.92 Å². The van der Waals surface area contributed by atoms with E-state index in [-0.39, 0.29) is 40.3 Å². The second-order valence-corrected chi connectivity index (χ2v) is 13.4. The maximum Gasteiger partial charge on any atom is 0.123 e. The van der Waals surface area contributed by atoms with Gasteiger partial charge in [0.05, 0.1) is 12.7 Å². The van der Waals surface area contributed by atoms with E-state index < -0.39 is 0 Å². The molecule has 4 rings (SSSR count). The van der Waals surface area contributed by atoms with E-state index in [0.29, 0.717) is 17.8 Å². The number of carbonyl (C=O) groups is 1. The van der Waals surface area contributed by atoms with Crippen LogP contribution in [0.5, 0.6) is 0 Å². The van der Waals surface area contributed by atoms with Crippen molar-refractivity contribution in [3.8, 4) is 0 Å². The van der Waals surface area contributed by atoms with Crippen molar-refractivity contribution in [3.05, 3.63) is 23.3 Å². The van der Waals surface area contributed by atoms with Gasteiger partial charge in [-0.05, 0) is 104 Å². The number of hydrogen-bond acceptors (Lipinski definition) is 3. The molecule has 0 saturated heterocycles. The summed E-state index contributed by atoms with van der Waals surface area (Å²) in [5, 5.41) is 20.1. The van der Waals surface area contributed by atoms with E-state index in [1.54, 1.807) is 5.57 Å². The van der Waals surface area contributed by atoms with Crippen LogP contribution in [0.1, 0.15) is 99.3 Å². The van der Waals surface area contributed by atoms with Gasteiger partial charge in [-0.15, -0.1) is 0 Å². The molecular formula is C30H48O3. The number of fused-ring (bicyclic) bond motifs is 5. The molecule has 8 atom stereocenters. The zero-order valence-electron chi connectivity index (χ0n) is 22.0. The van der Waals surface area contributed by atoms with Crippen molar-refractivity contribution in [2.24, 2.45) is 45.3 Å². The number of aldehydes is 1. The fraction of sp³-hybridized carbons (Fsp3) is 0.833. The molecule has 0 spiro atoms. The molecule has 0 aromatic heterocycles. The standard InChI is InChI=1S/C30H48O3/c1-20(18-31)8-7-9-21(19-32)22-12-16-30(6)24-10-11-25-27(2,3)26(33)14-15-28(25,4)23(24)13-17-29(22,30)5/h8,10,19,21-23,25-26,31,33H,7,9,11-18H2,1-6H3/b20-8-/t21-,22+,23+,25+,26+,28-,29+,30-/m1/s1. The van der Waals surface area contributed by atoms with E-state index in [0.717, 1.165) is 44.1 Å². The van der Waals surface area contributed by atoms with E-state index in [2.05, 4.69) is 46.8 Å². The summed E-state index contributed by atoms with van der Waals surface area (Å²) in [5.41, 5.74) is 3.28. The van der Waals surface area contributed by atoms with Gasteiger partial charge in [0.2, 0.25) is 0 Å². The van der Waals surface area contributed by atoms with Crippen molar-refractivity contribution < 1.29 is 15.0 Å². The maximum atomic E-state index is 12.3. The highest BCUT2D eigenvalue weighted by atomic mass is 16.3. The van der Waals surface area contributed by atoms with Gasteiger partial charge in [0.25, 0.3) is 0 Å². The number of aliphatic hydroxyl groups is 2. The fourth-order valence-corrected chi connectivity index (χ4v) is 9.38. The summed E-state index contributed by atoms with van der Waals surface area (Å²) in [6.07, 6.45) is 15.4. The molecule has 0 radical (unpaired) electrons. The highest BCUT2D eigenvalue weighted by molar-refractivity contribution is 5.55. The molecular weight excluding hydrogens is 408 g/mol. The molecule has 0 heterocycles. The summed E-state index contributed by atoms with van der Waals surface area (Å²) in [4.78, 5) is 12.3. The highest BCUT2D eigenvalue weighted by Crippen LogP contribution is 2.73. The second kappa shape index (κ2) is 8.63. The van der Waals surface area contributed by atoms with E-state index in [1.807, 2.05) is 6.92 Å². The number of allylic oxidation sites excluding steroid dienone is 3. The van der Waals surface area contributed by atoms with Gasteiger partial charge in [-0.25, -0.2) is 0 Å². The molecule has 186 valence electrons. The van der Waals surface area contributed by atoms with Crippen molar-refractivity contribution in [2.45, 2.75) is 105 Å². The topological polar surface area (TPSA) is 57.5 Å². The first-order chi connectivity index (χ1) is 15.5. The summed E-state index contributed by atoms with van der Waals surface area (Å²) in [6.45, 7) is 14.2. The van der Waals surface area contributed by atoms with Crippen LogP contribution in [-0.4, -0.2) is 29.2 Å². The quantitative estimate of drug-likeness (QED) is 0.355. The Morgan fingerprint density at radius 2 is 1.85 bits per heavy atom. The van der Waals surface area contributed by atoms with Gasteiger partial charge in [0.1, 0.15) is 6.29 Å². The minimum Gasteiger partial charge on any atom is -0.393 e. The Balaban J connectivity index is 1.62. The Morgan fingerprint density at radius 3 is 2.52 bits per heavy atom. The van der Waals surface area contributed by atoms with E-state index in [1.165, 1.54) is 25.5 Å². The molecule has 3 heteroatoms. The maximum absolute atomic E-state index is 12.3. The average molecular weight is 457 g/mol. The third-order valence-corrected chi connectivity index (χ3v) is 11.8. The number of hydrogen-bond donors (Lipinski definition) is 2. The molecule has 0 aromatic rings. The van der Waals surface area contributed by atoms with Crippen LogP contribution in [0.4, 0.5) is 0 Å². The van der Waals surface area contributed by atoms with Crippen LogP contribution in [0, 0.1) is 45.3 Å². The van der Waals surface area contributed by atoms with Gasteiger partial charge in [-0.2, -0.15) is 0 Å². The number of rotatable bonds is 6. The molecule has 0 unspecified atom stereocenters. The van der Waals surface area contributed by atoms with Crippen molar-refractivity contribution >= 4 is 6.29 Å². The average Bonchev–Trinajstić information content (AvgIpc) is 3.05. The lowest BCUT2D eigenvalue weighted by atomic mass is 9.41. The highest BCUT2D eigenvalue weighted by Gasteiger charge is 2.65. The predicted octanol–water partition coefficient (Wildman–Crippen LogP) is 6.49. The first-order valence-corrected chi connectivity index (χ1v) is 13.6. The van der Waals surface area contributed by atoms with Crippen molar-refractivity contribution in [2.75, 3.05) is 6.61 Å². The lowest BCUT2D eigenvalue weighted by Gasteiger charge is -2.64. The molecule has 3 saturated carbocycles. The normalized spacial score (nSPS) is 45.5. The summed E-state index contributed by atoms with van der Waals surface area (Å²) < 4.78 is 0. The molecule has 0 aromatic carbocycles. The first kappa shape index (κ1) is 25.2. The minimum absolute atomic E-state index is 0.0300. The molecule has 0 aliphatic heterocycles. The predicted molar refractivity (Wildman–Crippen MR) is 135 cm³/mol. The van der Waals surface area contributed by atoms with Crippen LogP contribution >= 0.6 is 0 Å². The zero-order chi connectivity index (χ0) is 24.2. The molecule has 4 aliphatic rings. The number of aliphatic hydroxyl groups excluding tert-OH is 2. The van der Waals surface area contributed by atoms with Crippen LogP contribution < -0.4 is 0 Å². The summed E-state index contributed by atoms with van der Waals surface area (Å²) in [6, 6.07) is 0. The minimum atomic E-state index is -0.192. The van der Waals surface area contributed by atoms with E-state index in [4.69, 9.17) is 0 Å². The fourth-order valence-electron chi connectivity index (χ4n) is 9.38. The Morgan fingerprint density at radius 1 is 1.12 bits per heavy atom. The van der Waals surface area contributed by atoms with Crippen molar-refractivity contribution in [1.29, 1.82) is 0 Å². The number of carbonyl (C=O) groups excluding carboxylic acids is 1. The molecule has 3 nitrogen and oxygen atoms in total. The Hall–Kier alpha value is -0.930. The van der Waals surface area contributed by atoms with Crippen molar-refractivity contribution in [3.63, 3.8) is 0 Å². The Labute approximate surface area is 202 Å². The third kappa shape index (κ3) is 3.63. The van der Waals surface area contributed by atoms with E-state index in [9.17, 15) is 15.0 Å². The van der Waals surface area contributed by atoms with Gasteiger partial charge >= 0.3 is 0 Å². The molecule has 0 bridgehead atoms. The molecule has 2 N–H and O–H groups in total.